The Morgan fingerprint density at radius 2 is 1.90 bits per heavy atom. The van der Waals surface area contributed by atoms with Crippen LogP contribution in [-0.2, 0) is 6.54 Å². The van der Waals surface area contributed by atoms with Crippen molar-refractivity contribution in [2.24, 2.45) is 0 Å². The van der Waals surface area contributed by atoms with E-state index in [9.17, 15) is 0 Å². The van der Waals surface area contributed by atoms with Crippen LogP contribution in [0.25, 0.3) is 22.8 Å². The van der Waals surface area contributed by atoms with Gasteiger partial charge in [0.1, 0.15) is 5.15 Å². The van der Waals surface area contributed by atoms with Gasteiger partial charge < -0.3 is 0 Å². The molecule has 4 nitrogen and oxygen atoms in total. The zero-order chi connectivity index (χ0) is 13.9. The fourth-order valence-corrected chi connectivity index (χ4v) is 2.25. The van der Waals surface area contributed by atoms with Gasteiger partial charge in [-0.05, 0) is 13.0 Å². The van der Waals surface area contributed by atoms with Crippen molar-refractivity contribution in [3.05, 3.63) is 53.8 Å². The number of benzene rings is 1. The lowest BCUT2D eigenvalue weighted by molar-refractivity contribution is 0.665. The Bertz CT molecular complexity index is 722. The van der Waals surface area contributed by atoms with Gasteiger partial charge in [0.15, 0.2) is 5.82 Å². The van der Waals surface area contributed by atoms with E-state index in [0.717, 1.165) is 23.5 Å². The van der Waals surface area contributed by atoms with Gasteiger partial charge in [-0.25, -0.2) is 9.97 Å². The fraction of sp³-hybridized carbons (Fsp3) is 0.133. The second kappa shape index (κ2) is 5.43. The summed E-state index contributed by atoms with van der Waals surface area (Å²) in [5.74, 6) is 0.622. The van der Waals surface area contributed by atoms with Gasteiger partial charge in [0.05, 0.1) is 11.4 Å². The molecular formula is C15H13ClN4. The lowest BCUT2D eigenvalue weighted by Gasteiger charge is -2.07. The minimum absolute atomic E-state index is 0.428. The number of halogens is 1. The Kier molecular flexibility index (Phi) is 3.48. The van der Waals surface area contributed by atoms with Crippen LogP contribution in [0, 0.1) is 0 Å². The highest BCUT2D eigenvalue weighted by Crippen LogP contribution is 2.24. The van der Waals surface area contributed by atoms with E-state index in [-0.39, 0.29) is 0 Å². The molecule has 0 saturated carbocycles. The molecule has 0 fully saturated rings. The molecule has 100 valence electrons. The number of nitrogens with zero attached hydrogens (tertiary/aromatic N) is 4. The molecule has 2 aromatic heterocycles. The second-order valence-corrected chi connectivity index (χ2v) is 4.69. The zero-order valence-corrected chi connectivity index (χ0v) is 11.7. The second-order valence-electron chi connectivity index (χ2n) is 4.30. The van der Waals surface area contributed by atoms with E-state index in [1.165, 1.54) is 0 Å². The number of hydrogen-bond donors (Lipinski definition) is 0. The molecule has 0 N–H and O–H groups in total. The summed E-state index contributed by atoms with van der Waals surface area (Å²) in [5, 5.41) is 4.68. The van der Waals surface area contributed by atoms with E-state index >= 15 is 0 Å². The van der Waals surface area contributed by atoms with E-state index in [0.29, 0.717) is 11.0 Å². The average Bonchev–Trinajstić information content (AvgIpc) is 2.96. The van der Waals surface area contributed by atoms with Crippen molar-refractivity contribution in [3.8, 4) is 22.8 Å². The molecule has 0 spiro atoms. The van der Waals surface area contributed by atoms with Crippen molar-refractivity contribution in [1.82, 2.24) is 19.7 Å². The first-order valence-electron chi connectivity index (χ1n) is 6.40. The molecule has 20 heavy (non-hydrogen) atoms. The van der Waals surface area contributed by atoms with Gasteiger partial charge in [0.2, 0.25) is 0 Å². The van der Waals surface area contributed by atoms with Crippen molar-refractivity contribution < 1.29 is 0 Å². The maximum atomic E-state index is 6.13. The maximum absolute atomic E-state index is 6.13. The molecule has 5 heteroatoms. The molecule has 0 unspecified atom stereocenters. The van der Waals surface area contributed by atoms with Gasteiger partial charge >= 0.3 is 0 Å². The number of rotatable bonds is 3. The van der Waals surface area contributed by atoms with Crippen molar-refractivity contribution in [3.63, 3.8) is 0 Å². The summed E-state index contributed by atoms with van der Waals surface area (Å²) in [6.07, 6.45) is 1.76. The third-order valence-corrected chi connectivity index (χ3v) is 3.20. The Hall–Kier alpha value is -2.20. The summed E-state index contributed by atoms with van der Waals surface area (Å²) in [6, 6.07) is 13.5. The highest BCUT2D eigenvalue weighted by Gasteiger charge is 2.10. The molecule has 0 bridgehead atoms. The molecule has 1 aromatic carbocycles. The molecule has 0 aliphatic heterocycles. The number of aromatic nitrogens is 4. The van der Waals surface area contributed by atoms with E-state index < -0.39 is 0 Å². The first-order chi connectivity index (χ1) is 9.78. The normalized spacial score (nSPS) is 10.7. The van der Waals surface area contributed by atoms with Crippen LogP contribution in [0.1, 0.15) is 6.92 Å². The van der Waals surface area contributed by atoms with Crippen LogP contribution >= 0.6 is 11.6 Å². The summed E-state index contributed by atoms with van der Waals surface area (Å²) >= 11 is 6.13. The molecule has 2 heterocycles. The molecule has 3 aromatic rings. The summed E-state index contributed by atoms with van der Waals surface area (Å²) < 4.78 is 1.88. The van der Waals surface area contributed by atoms with Crippen LogP contribution in [0.2, 0.25) is 5.15 Å². The first-order valence-corrected chi connectivity index (χ1v) is 6.78. The zero-order valence-electron chi connectivity index (χ0n) is 11.0. The summed E-state index contributed by atoms with van der Waals surface area (Å²) in [4.78, 5) is 8.89. The van der Waals surface area contributed by atoms with Gasteiger partial charge in [-0.2, -0.15) is 5.10 Å². The highest BCUT2D eigenvalue weighted by molar-refractivity contribution is 6.29. The van der Waals surface area contributed by atoms with Crippen LogP contribution in [0.15, 0.2) is 48.7 Å². The van der Waals surface area contributed by atoms with E-state index in [1.807, 2.05) is 48.0 Å². The third-order valence-electron chi connectivity index (χ3n) is 3.01. The molecule has 0 atom stereocenters. The Morgan fingerprint density at radius 1 is 1.10 bits per heavy atom. The van der Waals surface area contributed by atoms with Crippen LogP contribution in [-0.4, -0.2) is 19.7 Å². The number of aryl methyl sites for hydroxylation is 1. The molecule has 0 aliphatic rings. The lowest BCUT2D eigenvalue weighted by Crippen LogP contribution is -2.01. The van der Waals surface area contributed by atoms with Crippen molar-refractivity contribution in [2.75, 3.05) is 0 Å². The van der Waals surface area contributed by atoms with Crippen molar-refractivity contribution in [1.29, 1.82) is 0 Å². The van der Waals surface area contributed by atoms with Crippen LogP contribution in [0.5, 0.6) is 0 Å². The molecule has 0 aliphatic carbocycles. The van der Waals surface area contributed by atoms with E-state index in [2.05, 4.69) is 15.1 Å². The summed E-state index contributed by atoms with van der Waals surface area (Å²) in [5.41, 5.74) is 2.66. The largest absolute Gasteiger partial charge is 0.264 e. The topological polar surface area (TPSA) is 43.6 Å². The Balaban J connectivity index is 2.12. The predicted octanol–water partition coefficient (Wildman–Crippen LogP) is 3.68. The summed E-state index contributed by atoms with van der Waals surface area (Å²) in [6.45, 7) is 2.82. The first kappa shape index (κ1) is 12.8. The van der Waals surface area contributed by atoms with Gasteiger partial charge in [0, 0.05) is 24.4 Å². The van der Waals surface area contributed by atoms with E-state index in [1.54, 1.807) is 12.3 Å². The number of hydrogen-bond acceptors (Lipinski definition) is 3. The van der Waals surface area contributed by atoms with Crippen molar-refractivity contribution in [2.45, 2.75) is 13.5 Å². The molecular weight excluding hydrogens is 272 g/mol. The standard InChI is InChI=1S/C15H13ClN4/c1-2-20-13(8-9-17-20)12-10-14(16)19-15(18-12)11-6-4-3-5-7-11/h3-10H,2H2,1H3. The fourth-order valence-electron chi connectivity index (χ4n) is 2.07. The minimum atomic E-state index is 0.428. The van der Waals surface area contributed by atoms with Gasteiger partial charge in [-0.1, -0.05) is 41.9 Å². The summed E-state index contributed by atoms with van der Waals surface area (Å²) in [7, 11) is 0. The Labute approximate surface area is 122 Å². The lowest BCUT2D eigenvalue weighted by atomic mass is 10.2. The molecule has 3 rings (SSSR count). The van der Waals surface area contributed by atoms with Crippen molar-refractivity contribution >= 4 is 11.6 Å². The van der Waals surface area contributed by atoms with Crippen LogP contribution < -0.4 is 0 Å². The maximum Gasteiger partial charge on any atom is 0.161 e. The third kappa shape index (κ3) is 2.42. The van der Waals surface area contributed by atoms with Gasteiger partial charge in [0.25, 0.3) is 0 Å². The van der Waals surface area contributed by atoms with Crippen LogP contribution in [0.3, 0.4) is 0 Å². The molecule has 0 amide bonds. The van der Waals surface area contributed by atoms with E-state index in [4.69, 9.17) is 11.6 Å². The van der Waals surface area contributed by atoms with Crippen LogP contribution in [0.4, 0.5) is 0 Å². The quantitative estimate of drug-likeness (QED) is 0.689. The Morgan fingerprint density at radius 3 is 2.65 bits per heavy atom. The molecule has 0 radical (unpaired) electrons. The average molecular weight is 285 g/mol. The van der Waals surface area contributed by atoms with Gasteiger partial charge in [-0.3, -0.25) is 4.68 Å². The molecule has 0 saturated heterocycles. The predicted molar refractivity (Wildman–Crippen MR) is 79.4 cm³/mol. The minimum Gasteiger partial charge on any atom is -0.264 e. The van der Waals surface area contributed by atoms with Gasteiger partial charge in [-0.15, -0.1) is 0 Å². The monoisotopic (exact) mass is 284 g/mol. The smallest absolute Gasteiger partial charge is 0.161 e. The highest BCUT2D eigenvalue weighted by atomic mass is 35.5. The SMILES string of the molecule is CCn1nccc1-c1cc(Cl)nc(-c2ccccc2)n1.